The first-order chi connectivity index (χ1) is 66.3. The smallest absolute Gasteiger partial charge is 0.435 e. The Morgan fingerprint density at radius 3 is 0.993 bits per heavy atom. The number of nitrogens with zero attached hydrogens (tertiary/aromatic N) is 11. The normalized spacial score (nSPS) is 10.4. The molecule has 0 aliphatic rings. The number of carbonyl (C=O) groups excluding carboxylic acids is 3. The number of aromatic amines is 4. The number of ether oxygens (including phenoxy) is 1. The largest absolute Gasteiger partial charge is 0.477 e. The molecule has 0 unspecified atom stereocenters. The molecule has 140 heavy (non-hydrogen) atoms. The van der Waals surface area contributed by atoms with E-state index in [0.717, 1.165) is 80.0 Å². The van der Waals surface area contributed by atoms with Crippen molar-refractivity contribution in [1.82, 2.24) is 75.5 Å². The van der Waals surface area contributed by atoms with Gasteiger partial charge in [-0.2, -0.15) is 25.1 Å². The number of aromatic carboxylic acids is 1. The van der Waals surface area contributed by atoms with Gasteiger partial charge in [0.25, 0.3) is 11.8 Å². The van der Waals surface area contributed by atoms with Crippen LogP contribution in [-0.2, 0) is 37.5 Å². The Hall–Kier alpha value is -16.3. The predicted molar refractivity (Wildman–Crippen MR) is 547 cm³/mol. The number of anilines is 8. The molecular weight excluding hydrogens is 1990 g/mol. The van der Waals surface area contributed by atoms with Gasteiger partial charge in [-0.15, -0.1) is 42.3 Å². The van der Waals surface area contributed by atoms with Crippen molar-refractivity contribution in [3.63, 3.8) is 0 Å². The lowest BCUT2D eigenvalue weighted by Crippen LogP contribution is -2.28. The van der Waals surface area contributed by atoms with Crippen LogP contribution >= 0.6 is 69.1 Å². The number of aromatic nitrogens is 15. The summed E-state index contributed by atoms with van der Waals surface area (Å²) in [7, 11) is 0. The van der Waals surface area contributed by atoms with Gasteiger partial charge in [0.05, 0.1) is 52.9 Å². The Kier molecular flexibility index (Phi) is 39.8. The number of carboxylic acid groups (broad SMARTS) is 1. The zero-order valence-electron chi connectivity index (χ0n) is 74.6. The summed E-state index contributed by atoms with van der Waals surface area (Å²) in [6, 6.07) is 96.1. The van der Waals surface area contributed by atoms with Gasteiger partial charge >= 0.3 is 12.1 Å². The monoisotopic (exact) mass is 2080 g/mol. The molecule has 29 nitrogen and oxygen atoms in total. The minimum atomic E-state index is -1.01. The lowest BCUT2D eigenvalue weighted by atomic mass is 10.1. The van der Waals surface area contributed by atoms with Crippen molar-refractivity contribution in [3.05, 3.63) is 417 Å². The Morgan fingerprint density at radius 2 is 0.650 bits per heavy atom. The number of pyridine rings is 5. The molecule has 2 amide bonds. The van der Waals surface area contributed by atoms with E-state index in [1.54, 1.807) is 142 Å². The first-order valence-electron chi connectivity index (χ1n) is 42.2. The second-order valence-electron chi connectivity index (χ2n) is 30.6. The zero-order valence-corrected chi connectivity index (χ0v) is 80.3. The second-order valence-corrected chi connectivity index (χ2v) is 32.2. The number of amides is 2. The van der Waals surface area contributed by atoms with Crippen LogP contribution in [0, 0.1) is 29.1 Å². The highest BCUT2D eigenvalue weighted by molar-refractivity contribution is 9.10. The summed E-state index contributed by atoms with van der Waals surface area (Å²) < 4.78 is 72.5. The van der Waals surface area contributed by atoms with Gasteiger partial charge in [0.1, 0.15) is 95.9 Å². The van der Waals surface area contributed by atoms with Crippen molar-refractivity contribution in [3.8, 4) is 56.3 Å². The molecule has 0 aliphatic heterocycles. The number of H-pyrrole nitrogens is 4. The molecule has 14 N–H and O–H groups in total. The van der Waals surface area contributed by atoms with Gasteiger partial charge in [0, 0.05) is 55.5 Å². The Labute approximate surface area is 835 Å². The van der Waals surface area contributed by atoms with Crippen LogP contribution in [-0.4, -0.2) is 110 Å². The van der Waals surface area contributed by atoms with E-state index in [2.05, 4.69) is 164 Å². The highest BCUT2D eigenvalue weighted by Gasteiger charge is 2.23. The number of hydrogen-bond acceptors (Lipinski definition) is 21. The lowest BCUT2D eigenvalue weighted by molar-refractivity contribution is 0.0517. The zero-order chi connectivity index (χ0) is 96.4. The molecule has 716 valence electrons. The van der Waals surface area contributed by atoms with Crippen LogP contribution in [0.1, 0.15) is 80.3 Å². The van der Waals surface area contributed by atoms with Crippen molar-refractivity contribution < 1.29 is 51.0 Å². The van der Waals surface area contributed by atoms with Crippen molar-refractivity contribution in [2.45, 2.75) is 59.1 Å². The van der Waals surface area contributed by atoms with Crippen LogP contribution in [0.2, 0.25) is 0 Å². The molecule has 0 bridgehead atoms. The maximum absolute atomic E-state index is 13.1. The molecule has 18 rings (SSSR count). The van der Waals surface area contributed by atoms with Gasteiger partial charge < -0.3 is 52.8 Å². The average molecular weight is 2080 g/mol. The molecular formula is C101H91Br2Cl3F5N23O6. The van der Waals surface area contributed by atoms with E-state index in [4.69, 9.17) is 15.6 Å². The summed E-state index contributed by atoms with van der Waals surface area (Å²) >= 11 is 6.27. The molecule has 0 saturated carbocycles. The molecule has 0 aliphatic carbocycles. The summed E-state index contributed by atoms with van der Waals surface area (Å²) in [5.41, 5.74) is 18.3. The molecule has 8 aromatic carbocycles. The summed E-state index contributed by atoms with van der Waals surface area (Å²) in [4.78, 5) is 68.3. The van der Waals surface area contributed by atoms with Gasteiger partial charge in [-0.25, -0.2) is 56.5 Å². The average Bonchev–Trinajstić information content (AvgIpc) is 1.66. The molecule has 10 heterocycles. The fourth-order valence-electron chi connectivity index (χ4n) is 12.5. The van der Waals surface area contributed by atoms with Crippen molar-refractivity contribution in [2.75, 3.05) is 43.0 Å². The van der Waals surface area contributed by atoms with Crippen LogP contribution in [0.15, 0.2) is 343 Å². The van der Waals surface area contributed by atoms with Gasteiger partial charge in [-0.3, -0.25) is 30.0 Å². The van der Waals surface area contributed by atoms with Crippen LogP contribution in [0.25, 0.3) is 56.3 Å². The maximum Gasteiger partial charge on any atom is 0.435 e. The number of halogens is 10. The highest BCUT2D eigenvalue weighted by atomic mass is 79.9. The van der Waals surface area contributed by atoms with Crippen molar-refractivity contribution in [2.24, 2.45) is 0 Å². The van der Waals surface area contributed by atoms with Crippen LogP contribution in [0.5, 0.6) is 0 Å². The summed E-state index contributed by atoms with van der Waals surface area (Å²) in [5, 5.41) is 62.3. The van der Waals surface area contributed by atoms with E-state index in [0.29, 0.717) is 80.6 Å². The lowest BCUT2D eigenvalue weighted by Gasteiger charge is -2.19. The number of carbonyl (C=O) groups is 4. The van der Waals surface area contributed by atoms with Crippen molar-refractivity contribution >= 4 is 140 Å². The first kappa shape index (κ1) is 106. The van der Waals surface area contributed by atoms with E-state index in [-0.39, 0.29) is 101 Å². The number of benzene rings is 8. The molecule has 10 aromatic heterocycles. The Balaban J connectivity index is 0.000000176. The third-order valence-electron chi connectivity index (χ3n) is 19.2. The quantitative estimate of drug-likeness (QED) is 0.0187. The minimum absolute atomic E-state index is 0. The molecule has 0 atom stereocenters. The number of hydrogen-bond donors (Lipinski definition) is 13. The van der Waals surface area contributed by atoms with Gasteiger partial charge in [0.2, 0.25) is 0 Å². The van der Waals surface area contributed by atoms with Gasteiger partial charge in [0.15, 0.2) is 11.6 Å². The molecule has 39 heteroatoms. The SMILES string of the molecule is CC(C)(C)OC(=O)n1nc(N)cc1-c1ccc(F)cc1.Cl.Cl.Cl.Fc1ccc(-c2cc(NCc3cccc(NCc4ccccc4)n3)n[nH]2)cc1.Fc1ccc(-c2cc(NCc3cccc(NCc4ccccc4)n3)n[nH]2)cc1.O=C(Nc1cc(-c2ccc(F)cc2)[nH]n1)c1cccc(Br)n1.O=C(Nc1cc(-c2ccc(F)cc2)[nH]n1)c1cccc(NCc2ccccc2)n1.O=C(O)c1cccc(Br)n1. The third kappa shape index (κ3) is 33.6. The molecule has 0 spiro atoms. The molecule has 0 fully saturated rings. The summed E-state index contributed by atoms with van der Waals surface area (Å²) in [6.07, 6.45) is -0.631. The summed E-state index contributed by atoms with van der Waals surface area (Å²) in [6.45, 7) is 8.44. The number of nitrogens with one attached hydrogen (secondary N) is 11. The summed E-state index contributed by atoms with van der Waals surface area (Å²) in [5.74, 6) is 1.38. The van der Waals surface area contributed by atoms with Crippen molar-refractivity contribution in [1.29, 1.82) is 0 Å². The van der Waals surface area contributed by atoms with Crippen LogP contribution in [0.3, 0.4) is 0 Å². The Bertz CT molecular complexity index is 6810. The van der Waals surface area contributed by atoms with E-state index in [1.165, 1.54) is 83.9 Å². The molecule has 0 saturated heterocycles. The van der Waals surface area contributed by atoms with Crippen LogP contribution in [0.4, 0.5) is 73.3 Å². The van der Waals surface area contributed by atoms with E-state index in [9.17, 15) is 41.1 Å². The fourth-order valence-corrected chi connectivity index (χ4v) is 13.2. The van der Waals surface area contributed by atoms with Crippen LogP contribution < -0.4 is 43.0 Å². The fraction of sp³-hybridized carbons (Fsp3) is 0.0891. The number of nitrogen functional groups attached to an aromatic ring is 1. The maximum atomic E-state index is 13.1. The standard InChI is InChI=1S/C22H18FN5O.2C22H20FN5.C15H10BrFN4O.C14H16FN3O2.C6H4BrNO2.3ClH/c23-17-11-9-16(10-12-17)19-13-21(28-27-19)26-22(29)18-7-4-8-20(25-18)24-14-15-5-2-1-3-6-15;2*23-18-11-9-17(10-12-18)20-13-22(28-27-20)25-15-19-7-4-8-21(26-19)24-14-16-5-2-1-3-6-16;16-13-3-1-2-11(18-13)15(22)19-14-8-12(20-21-14)9-4-6-10(17)7-5-9;1-14(2,3)20-13(19)18-11(8-12(16)17-18)9-4-6-10(15)7-5-9;7-5-3-1-2-4(8-5)6(9)10;;;/h1-13H,14H2,(H,24,25)(H2,26,27,28,29);2*1-13H,14-15H2,(H,24,26)(H2,25,27,28);1-8H,(H2,19,20,21,22);4-8H,1-3H3,(H2,16,17);1-3H,(H,9,10);3*1H. The highest BCUT2D eigenvalue weighted by Crippen LogP contribution is 2.28. The van der Waals surface area contributed by atoms with E-state index < -0.39 is 17.7 Å². The third-order valence-corrected chi connectivity index (χ3v) is 20.1. The van der Waals surface area contributed by atoms with E-state index >= 15 is 0 Å². The topological polar surface area (TPSA) is 405 Å². The molecule has 0 radical (unpaired) electrons. The number of rotatable bonds is 25. The number of carboxylic acids is 1. The first-order valence-corrected chi connectivity index (χ1v) is 43.8. The minimum Gasteiger partial charge on any atom is -0.477 e. The van der Waals surface area contributed by atoms with Gasteiger partial charge in [-0.1, -0.05) is 121 Å². The Morgan fingerprint density at radius 1 is 0.350 bits per heavy atom. The second kappa shape index (κ2) is 52.7. The number of nitrogens with two attached hydrogens (primary N) is 1. The van der Waals surface area contributed by atoms with Gasteiger partial charge in [-0.05, 0) is 274 Å². The predicted octanol–water partition coefficient (Wildman–Crippen LogP) is 23.6. The van der Waals surface area contributed by atoms with E-state index in [1.807, 2.05) is 115 Å². The molecule has 18 aromatic rings.